The molecule has 0 bridgehead atoms. The zero-order valence-electron chi connectivity index (χ0n) is 17.8. The highest BCUT2D eigenvalue weighted by Crippen LogP contribution is 2.35. The number of hydrogen-bond donors (Lipinski definition) is 1. The smallest absolute Gasteiger partial charge is 0.245 e. The van der Waals surface area contributed by atoms with Crippen LogP contribution in [0.15, 0.2) is 41.4 Å². The van der Waals surface area contributed by atoms with Crippen LogP contribution in [0.25, 0.3) is 10.9 Å². The molecule has 7 nitrogen and oxygen atoms in total. The van der Waals surface area contributed by atoms with Crippen molar-refractivity contribution in [1.82, 2.24) is 19.5 Å². The van der Waals surface area contributed by atoms with E-state index in [0.717, 1.165) is 11.8 Å². The largest absolute Gasteiger partial charge is 0.323 e. The van der Waals surface area contributed by atoms with Crippen molar-refractivity contribution in [3.63, 3.8) is 0 Å². The first-order chi connectivity index (χ1) is 14.3. The first-order valence-electron chi connectivity index (χ1n) is 10.7. The second kappa shape index (κ2) is 7.90. The van der Waals surface area contributed by atoms with Gasteiger partial charge in [-0.1, -0.05) is 38.5 Å². The zero-order chi connectivity index (χ0) is 21.5. The third-order valence-corrected chi connectivity index (χ3v) is 8.52. The number of amides is 1. The van der Waals surface area contributed by atoms with Gasteiger partial charge in [0.25, 0.3) is 0 Å². The summed E-state index contributed by atoms with van der Waals surface area (Å²) >= 11 is 0. The second-order valence-corrected chi connectivity index (χ2v) is 10.5. The maximum absolute atomic E-state index is 13.4. The van der Waals surface area contributed by atoms with Crippen LogP contribution in [-0.2, 0) is 14.8 Å². The minimum atomic E-state index is -3.67. The van der Waals surface area contributed by atoms with Crippen LogP contribution in [-0.4, -0.2) is 59.9 Å². The number of sulfonamides is 1. The fourth-order valence-corrected chi connectivity index (χ4v) is 6.23. The van der Waals surface area contributed by atoms with Gasteiger partial charge in [0.1, 0.15) is 4.90 Å². The third kappa shape index (κ3) is 3.50. The summed E-state index contributed by atoms with van der Waals surface area (Å²) in [6, 6.07) is 8.70. The summed E-state index contributed by atoms with van der Waals surface area (Å²) in [4.78, 5) is 19.3. The van der Waals surface area contributed by atoms with E-state index in [1.54, 1.807) is 24.4 Å². The molecule has 1 amide bonds. The van der Waals surface area contributed by atoms with E-state index in [-0.39, 0.29) is 16.8 Å². The molecule has 2 fully saturated rings. The molecule has 2 aromatic rings. The molecule has 8 heteroatoms. The molecule has 2 aliphatic rings. The van der Waals surface area contributed by atoms with Crippen molar-refractivity contribution in [2.24, 2.45) is 5.92 Å². The van der Waals surface area contributed by atoms with Crippen molar-refractivity contribution < 1.29 is 13.2 Å². The predicted molar refractivity (Wildman–Crippen MR) is 116 cm³/mol. The first kappa shape index (κ1) is 21.2. The van der Waals surface area contributed by atoms with Crippen molar-refractivity contribution in [1.29, 1.82) is 0 Å². The summed E-state index contributed by atoms with van der Waals surface area (Å²) in [6.45, 7) is 7.61. The Morgan fingerprint density at radius 3 is 2.63 bits per heavy atom. The summed E-state index contributed by atoms with van der Waals surface area (Å²) in [5.41, 5.74) is 0.0460. The second-order valence-electron chi connectivity index (χ2n) is 8.60. The quantitative estimate of drug-likeness (QED) is 0.788. The molecule has 3 heterocycles. The fourth-order valence-electron chi connectivity index (χ4n) is 4.63. The Kier molecular flexibility index (Phi) is 5.59. The van der Waals surface area contributed by atoms with E-state index in [1.165, 1.54) is 4.31 Å². The van der Waals surface area contributed by atoms with E-state index in [1.807, 2.05) is 24.0 Å². The molecule has 162 valence electrons. The highest BCUT2D eigenvalue weighted by molar-refractivity contribution is 7.89. The maximum Gasteiger partial charge on any atom is 0.245 e. The third-order valence-electron chi connectivity index (χ3n) is 6.59. The molecule has 2 atom stereocenters. The minimum absolute atomic E-state index is 0.116. The number of carbonyl (C=O) groups is 1. The van der Waals surface area contributed by atoms with Crippen molar-refractivity contribution >= 4 is 26.8 Å². The molecule has 0 saturated carbocycles. The average molecular weight is 431 g/mol. The number of pyridine rings is 1. The number of benzene rings is 1. The molecule has 0 aliphatic carbocycles. The Bertz CT molecular complexity index is 1040. The van der Waals surface area contributed by atoms with Crippen LogP contribution in [0.5, 0.6) is 0 Å². The maximum atomic E-state index is 13.4. The number of aromatic nitrogens is 1. The Morgan fingerprint density at radius 2 is 1.93 bits per heavy atom. The monoisotopic (exact) mass is 430 g/mol. The minimum Gasteiger partial charge on any atom is -0.323 e. The predicted octanol–water partition coefficient (Wildman–Crippen LogP) is 2.58. The summed E-state index contributed by atoms with van der Waals surface area (Å²) in [5, 5.41) is 4.29. The number of fused-ring (bicyclic) bond motifs is 1. The van der Waals surface area contributed by atoms with Crippen molar-refractivity contribution in [2.45, 2.75) is 56.6 Å². The SMILES string of the molecule is CCC(C)CN1C(=O)C(C)NC12CCN(S(=O)(=O)c1cccc3cccnc13)CC2. The van der Waals surface area contributed by atoms with Crippen LogP contribution in [0.4, 0.5) is 0 Å². The van der Waals surface area contributed by atoms with Crippen LogP contribution in [0.2, 0.25) is 0 Å². The lowest BCUT2D eigenvalue weighted by Gasteiger charge is -2.45. The van der Waals surface area contributed by atoms with Gasteiger partial charge in [-0.25, -0.2) is 8.42 Å². The lowest BCUT2D eigenvalue weighted by molar-refractivity contribution is -0.133. The Hall–Kier alpha value is -2.03. The number of nitrogens with one attached hydrogen (secondary N) is 1. The lowest BCUT2D eigenvalue weighted by Crippen LogP contribution is -2.60. The van der Waals surface area contributed by atoms with Gasteiger partial charge in [-0.05, 0) is 37.8 Å². The number of piperidine rings is 1. The fraction of sp³-hybridized carbons (Fsp3) is 0.545. The van der Waals surface area contributed by atoms with Gasteiger partial charge in [0.15, 0.2) is 0 Å². The molecule has 1 aromatic heterocycles. The molecular weight excluding hydrogens is 400 g/mol. The highest BCUT2D eigenvalue weighted by Gasteiger charge is 2.51. The molecule has 30 heavy (non-hydrogen) atoms. The number of nitrogens with zero attached hydrogens (tertiary/aromatic N) is 3. The number of rotatable bonds is 5. The summed E-state index contributed by atoms with van der Waals surface area (Å²) in [6.07, 6.45) is 3.78. The van der Waals surface area contributed by atoms with E-state index in [4.69, 9.17) is 0 Å². The van der Waals surface area contributed by atoms with Crippen LogP contribution in [0, 0.1) is 5.92 Å². The molecule has 4 rings (SSSR count). The number of para-hydroxylation sites is 1. The number of hydrogen-bond acceptors (Lipinski definition) is 5. The summed E-state index contributed by atoms with van der Waals surface area (Å²) < 4.78 is 28.4. The zero-order valence-corrected chi connectivity index (χ0v) is 18.7. The lowest BCUT2D eigenvalue weighted by atomic mass is 9.95. The molecular formula is C22H30N4O3S. The normalized spacial score (nSPS) is 23.4. The van der Waals surface area contributed by atoms with Gasteiger partial charge >= 0.3 is 0 Å². The molecule has 2 aliphatic heterocycles. The molecule has 1 aromatic carbocycles. The Morgan fingerprint density at radius 1 is 1.23 bits per heavy atom. The van der Waals surface area contributed by atoms with E-state index in [9.17, 15) is 13.2 Å². The van der Waals surface area contributed by atoms with Crippen molar-refractivity contribution in [3.8, 4) is 0 Å². The molecule has 1 spiro atoms. The molecule has 2 saturated heterocycles. The van der Waals surface area contributed by atoms with Gasteiger partial charge < -0.3 is 4.90 Å². The van der Waals surface area contributed by atoms with Gasteiger partial charge in [-0.15, -0.1) is 0 Å². The number of carbonyl (C=O) groups excluding carboxylic acids is 1. The van der Waals surface area contributed by atoms with Crippen molar-refractivity contribution in [2.75, 3.05) is 19.6 Å². The summed E-state index contributed by atoms with van der Waals surface area (Å²) in [5.74, 6) is 0.520. The van der Waals surface area contributed by atoms with Gasteiger partial charge in [0.2, 0.25) is 15.9 Å². The van der Waals surface area contributed by atoms with E-state index >= 15 is 0 Å². The Labute approximate surface area is 178 Å². The molecule has 1 N–H and O–H groups in total. The van der Waals surface area contributed by atoms with E-state index in [2.05, 4.69) is 24.1 Å². The van der Waals surface area contributed by atoms with Crippen LogP contribution >= 0.6 is 0 Å². The standard InChI is InChI=1S/C22H30N4O3S/c1-4-16(2)15-26-21(27)17(3)24-22(26)10-13-25(14-11-22)30(28,29)19-9-5-7-18-8-6-12-23-20(18)19/h5-9,12,16-17,24H,4,10-11,13-15H2,1-3H3. The van der Waals surface area contributed by atoms with Crippen molar-refractivity contribution in [3.05, 3.63) is 36.5 Å². The summed E-state index contributed by atoms with van der Waals surface area (Å²) in [7, 11) is -3.67. The van der Waals surface area contributed by atoms with Crippen LogP contribution < -0.4 is 5.32 Å². The van der Waals surface area contributed by atoms with Crippen LogP contribution in [0.1, 0.15) is 40.0 Å². The molecule has 2 unspecified atom stereocenters. The molecule has 0 radical (unpaired) electrons. The van der Waals surface area contributed by atoms with Gasteiger partial charge in [-0.2, -0.15) is 4.31 Å². The first-order valence-corrected chi connectivity index (χ1v) is 12.2. The highest BCUT2D eigenvalue weighted by atomic mass is 32.2. The van der Waals surface area contributed by atoms with Gasteiger partial charge in [0, 0.05) is 31.2 Å². The van der Waals surface area contributed by atoms with Crippen LogP contribution in [0.3, 0.4) is 0 Å². The van der Waals surface area contributed by atoms with Gasteiger partial charge in [-0.3, -0.25) is 15.1 Å². The van der Waals surface area contributed by atoms with E-state index in [0.29, 0.717) is 43.9 Å². The Balaban J connectivity index is 1.58. The van der Waals surface area contributed by atoms with Gasteiger partial charge in [0.05, 0.1) is 17.2 Å². The average Bonchev–Trinajstić information content (AvgIpc) is 2.97. The van der Waals surface area contributed by atoms with E-state index < -0.39 is 15.7 Å². The topological polar surface area (TPSA) is 82.6 Å².